The van der Waals surface area contributed by atoms with Crippen LogP contribution in [0.4, 0.5) is 4.39 Å². The van der Waals surface area contributed by atoms with Crippen molar-refractivity contribution in [1.82, 2.24) is 4.90 Å². The van der Waals surface area contributed by atoms with Crippen molar-refractivity contribution in [2.24, 2.45) is 5.92 Å². The molecule has 96 valence electrons. The second-order valence-electron chi connectivity index (χ2n) is 4.61. The smallest absolute Gasteiger partial charge is 0.123 e. The van der Waals surface area contributed by atoms with Crippen molar-refractivity contribution in [1.29, 1.82) is 0 Å². The molecule has 0 aliphatic heterocycles. The van der Waals surface area contributed by atoms with Gasteiger partial charge in [-0.1, -0.05) is 27.2 Å². The van der Waals surface area contributed by atoms with E-state index in [1.54, 1.807) is 0 Å². The summed E-state index contributed by atoms with van der Waals surface area (Å²) in [6.45, 7) is 8.93. The molecular formula is C14H22FNO. The number of hydrogen-bond acceptors (Lipinski definition) is 2. The van der Waals surface area contributed by atoms with E-state index < -0.39 is 0 Å². The average molecular weight is 239 g/mol. The van der Waals surface area contributed by atoms with Crippen LogP contribution in [0.5, 0.6) is 5.75 Å². The van der Waals surface area contributed by atoms with Crippen LogP contribution >= 0.6 is 0 Å². The lowest BCUT2D eigenvalue weighted by Crippen LogP contribution is -2.27. The predicted octanol–water partition coefficient (Wildman–Crippen LogP) is 3.40. The van der Waals surface area contributed by atoms with Crippen LogP contribution in [0.3, 0.4) is 0 Å². The van der Waals surface area contributed by atoms with Crippen molar-refractivity contribution < 1.29 is 9.50 Å². The zero-order chi connectivity index (χ0) is 12.8. The van der Waals surface area contributed by atoms with Crippen LogP contribution < -0.4 is 0 Å². The van der Waals surface area contributed by atoms with Crippen molar-refractivity contribution in [2.45, 2.75) is 33.7 Å². The van der Waals surface area contributed by atoms with Gasteiger partial charge in [0, 0.05) is 18.7 Å². The Bertz CT molecular complexity index is 354. The molecule has 0 fully saturated rings. The van der Waals surface area contributed by atoms with Gasteiger partial charge in [0.25, 0.3) is 0 Å². The molecule has 0 saturated heterocycles. The van der Waals surface area contributed by atoms with Gasteiger partial charge in [0.05, 0.1) is 0 Å². The minimum Gasteiger partial charge on any atom is -0.508 e. The number of phenolic OH excluding ortho intramolecular Hbond substituents is 1. The zero-order valence-electron chi connectivity index (χ0n) is 10.9. The Balaban J connectivity index is 2.69. The molecular weight excluding hydrogens is 217 g/mol. The molecule has 0 radical (unpaired) electrons. The Morgan fingerprint density at radius 1 is 1.35 bits per heavy atom. The first-order valence-electron chi connectivity index (χ1n) is 6.26. The molecule has 0 aromatic heterocycles. The van der Waals surface area contributed by atoms with Crippen molar-refractivity contribution in [2.75, 3.05) is 13.1 Å². The maximum absolute atomic E-state index is 13.1. The summed E-state index contributed by atoms with van der Waals surface area (Å²) >= 11 is 0. The fraction of sp³-hybridized carbons (Fsp3) is 0.571. The number of aromatic hydroxyl groups is 1. The number of benzene rings is 1. The number of rotatable bonds is 6. The first-order valence-corrected chi connectivity index (χ1v) is 6.26. The maximum atomic E-state index is 13.1. The monoisotopic (exact) mass is 239 g/mol. The van der Waals surface area contributed by atoms with Gasteiger partial charge >= 0.3 is 0 Å². The first-order chi connectivity index (χ1) is 8.06. The number of hydrogen-bond donors (Lipinski definition) is 1. The molecule has 1 atom stereocenters. The zero-order valence-corrected chi connectivity index (χ0v) is 10.9. The van der Waals surface area contributed by atoms with Crippen molar-refractivity contribution in [3.8, 4) is 5.75 Å². The molecule has 0 spiro atoms. The summed E-state index contributed by atoms with van der Waals surface area (Å²) in [5.41, 5.74) is 0.662. The Morgan fingerprint density at radius 2 is 2.06 bits per heavy atom. The number of phenols is 1. The highest BCUT2D eigenvalue weighted by molar-refractivity contribution is 5.32. The molecule has 1 aromatic carbocycles. The molecule has 3 heteroatoms. The minimum atomic E-state index is -0.294. The Labute approximate surface area is 103 Å². The van der Waals surface area contributed by atoms with Crippen LogP contribution in [0.2, 0.25) is 0 Å². The fourth-order valence-corrected chi connectivity index (χ4v) is 1.80. The topological polar surface area (TPSA) is 23.5 Å². The molecule has 0 aliphatic carbocycles. The van der Waals surface area contributed by atoms with E-state index >= 15 is 0 Å². The molecule has 1 rings (SSSR count). The molecule has 1 unspecified atom stereocenters. The highest BCUT2D eigenvalue weighted by Crippen LogP contribution is 2.20. The lowest BCUT2D eigenvalue weighted by molar-refractivity contribution is 0.235. The fourth-order valence-electron chi connectivity index (χ4n) is 1.80. The van der Waals surface area contributed by atoms with Crippen LogP contribution in [0.25, 0.3) is 0 Å². The molecule has 0 saturated carbocycles. The lowest BCUT2D eigenvalue weighted by Gasteiger charge is -2.24. The third kappa shape index (κ3) is 4.35. The molecule has 1 aromatic rings. The van der Waals surface area contributed by atoms with E-state index in [4.69, 9.17) is 0 Å². The van der Waals surface area contributed by atoms with E-state index in [1.807, 2.05) is 0 Å². The van der Waals surface area contributed by atoms with Gasteiger partial charge in [-0.25, -0.2) is 4.39 Å². The lowest BCUT2D eigenvalue weighted by atomic mass is 10.1. The van der Waals surface area contributed by atoms with Crippen LogP contribution in [0.15, 0.2) is 18.2 Å². The van der Waals surface area contributed by atoms with Crippen LogP contribution in [-0.2, 0) is 6.54 Å². The Kier molecular flexibility index (Phi) is 5.42. The van der Waals surface area contributed by atoms with E-state index in [-0.39, 0.29) is 11.6 Å². The minimum absolute atomic E-state index is 0.175. The largest absolute Gasteiger partial charge is 0.508 e. The Hall–Kier alpha value is -1.09. The van der Waals surface area contributed by atoms with Crippen molar-refractivity contribution >= 4 is 0 Å². The van der Waals surface area contributed by atoms with Crippen molar-refractivity contribution in [3.05, 3.63) is 29.6 Å². The van der Waals surface area contributed by atoms with E-state index in [0.29, 0.717) is 18.0 Å². The summed E-state index contributed by atoms with van der Waals surface area (Å²) in [5, 5.41) is 9.68. The highest BCUT2D eigenvalue weighted by Gasteiger charge is 2.11. The van der Waals surface area contributed by atoms with Gasteiger partial charge in [-0.15, -0.1) is 0 Å². The molecule has 17 heavy (non-hydrogen) atoms. The van der Waals surface area contributed by atoms with E-state index in [1.165, 1.54) is 18.2 Å². The Morgan fingerprint density at radius 3 is 2.65 bits per heavy atom. The van der Waals surface area contributed by atoms with E-state index in [2.05, 4.69) is 25.7 Å². The van der Waals surface area contributed by atoms with Crippen LogP contribution in [0, 0.1) is 11.7 Å². The second-order valence-corrected chi connectivity index (χ2v) is 4.61. The highest BCUT2D eigenvalue weighted by atomic mass is 19.1. The van der Waals surface area contributed by atoms with Gasteiger partial charge < -0.3 is 5.11 Å². The van der Waals surface area contributed by atoms with E-state index in [9.17, 15) is 9.50 Å². The standard InChI is InChI=1S/C14H22FNO/c1-4-11(3)9-16(5-2)10-12-8-13(15)6-7-14(12)17/h6-8,11,17H,4-5,9-10H2,1-3H3. The second kappa shape index (κ2) is 6.60. The maximum Gasteiger partial charge on any atom is 0.123 e. The van der Waals surface area contributed by atoms with E-state index in [0.717, 1.165) is 19.5 Å². The van der Waals surface area contributed by atoms with Crippen LogP contribution in [0.1, 0.15) is 32.8 Å². The molecule has 0 aliphatic rings. The molecule has 1 N–H and O–H groups in total. The first kappa shape index (κ1) is 14.0. The average Bonchev–Trinajstić information content (AvgIpc) is 2.32. The molecule has 2 nitrogen and oxygen atoms in total. The van der Waals surface area contributed by atoms with Gasteiger partial charge in [0.1, 0.15) is 11.6 Å². The third-order valence-corrected chi connectivity index (χ3v) is 3.15. The quantitative estimate of drug-likeness (QED) is 0.822. The summed E-state index contributed by atoms with van der Waals surface area (Å²) in [5.74, 6) is 0.497. The van der Waals surface area contributed by atoms with Crippen molar-refractivity contribution in [3.63, 3.8) is 0 Å². The van der Waals surface area contributed by atoms with Gasteiger partial charge in [0.2, 0.25) is 0 Å². The third-order valence-electron chi connectivity index (χ3n) is 3.15. The number of nitrogens with zero attached hydrogens (tertiary/aromatic N) is 1. The normalized spacial score (nSPS) is 13.0. The van der Waals surface area contributed by atoms with Gasteiger partial charge in [-0.3, -0.25) is 4.90 Å². The van der Waals surface area contributed by atoms with Gasteiger partial charge in [-0.2, -0.15) is 0 Å². The van der Waals surface area contributed by atoms with Gasteiger partial charge in [-0.05, 0) is 30.7 Å². The van der Waals surface area contributed by atoms with Crippen LogP contribution in [-0.4, -0.2) is 23.1 Å². The molecule has 0 amide bonds. The summed E-state index contributed by atoms with van der Waals surface area (Å²) in [6.07, 6.45) is 1.13. The summed E-state index contributed by atoms with van der Waals surface area (Å²) < 4.78 is 13.1. The number of halogens is 1. The van der Waals surface area contributed by atoms with Gasteiger partial charge in [0.15, 0.2) is 0 Å². The summed E-state index contributed by atoms with van der Waals surface area (Å²) in [6, 6.07) is 4.11. The molecule has 0 heterocycles. The predicted molar refractivity (Wildman–Crippen MR) is 68.5 cm³/mol. The summed E-state index contributed by atoms with van der Waals surface area (Å²) in [4.78, 5) is 2.22. The SMILES string of the molecule is CCC(C)CN(CC)Cc1cc(F)ccc1O. The molecule has 0 bridgehead atoms. The summed E-state index contributed by atoms with van der Waals surface area (Å²) in [7, 11) is 0.